The summed E-state index contributed by atoms with van der Waals surface area (Å²) in [5, 5.41) is 9.78. The molecule has 0 saturated heterocycles. The lowest BCUT2D eigenvalue weighted by Gasteiger charge is -2.40. The number of hydrogen-bond acceptors (Lipinski definition) is 3. The van der Waals surface area contributed by atoms with Crippen LogP contribution in [0.1, 0.15) is 32.6 Å². The van der Waals surface area contributed by atoms with E-state index in [0.717, 1.165) is 31.8 Å². The Hall–Kier alpha value is -0.120. The average Bonchev–Trinajstić information content (AvgIpc) is 2.25. The van der Waals surface area contributed by atoms with Crippen molar-refractivity contribution in [3.05, 3.63) is 0 Å². The third-order valence-electron chi connectivity index (χ3n) is 3.92. The van der Waals surface area contributed by atoms with Crippen LogP contribution >= 0.6 is 0 Å². The highest BCUT2D eigenvalue weighted by molar-refractivity contribution is 4.85. The zero-order valence-electron chi connectivity index (χ0n) is 11.3. The maximum atomic E-state index is 9.78. The van der Waals surface area contributed by atoms with Crippen LogP contribution in [0.25, 0.3) is 0 Å². The number of rotatable bonds is 5. The molecule has 96 valence electrons. The number of hydrogen-bond donors (Lipinski definition) is 1. The molecule has 0 aliphatic heterocycles. The number of nitrogens with zero attached hydrogens (tertiary/aromatic N) is 2. The third kappa shape index (κ3) is 4.04. The lowest BCUT2D eigenvalue weighted by molar-refractivity contribution is 0.0345. The molecule has 1 rings (SSSR count). The Bertz CT molecular complexity index is 196. The van der Waals surface area contributed by atoms with Gasteiger partial charge in [0.1, 0.15) is 0 Å². The molecule has 0 aromatic carbocycles. The van der Waals surface area contributed by atoms with E-state index in [9.17, 15) is 5.11 Å². The van der Waals surface area contributed by atoms with E-state index in [1.165, 1.54) is 12.8 Å². The third-order valence-corrected chi connectivity index (χ3v) is 3.92. The molecule has 3 atom stereocenters. The molecule has 0 bridgehead atoms. The molecular formula is C13H28N2O. The Morgan fingerprint density at radius 1 is 1.12 bits per heavy atom. The van der Waals surface area contributed by atoms with E-state index in [2.05, 4.69) is 37.9 Å². The second kappa shape index (κ2) is 6.58. The lowest BCUT2D eigenvalue weighted by Crippen LogP contribution is -2.45. The van der Waals surface area contributed by atoms with Crippen LogP contribution in [0.5, 0.6) is 0 Å². The molecule has 0 radical (unpaired) electrons. The number of aliphatic hydroxyl groups is 1. The summed E-state index contributed by atoms with van der Waals surface area (Å²) < 4.78 is 0. The predicted octanol–water partition coefficient (Wildman–Crippen LogP) is 1.42. The van der Waals surface area contributed by atoms with Crippen LogP contribution in [0.2, 0.25) is 0 Å². The van der Waals surface area contributed by atoms with Gasteiger partial charge in [0, 0.05) is 19.1 Å². The van der Waals surface area contributed by atoms with Crippen molar-refractivity contribution in [1.82, 2.24) is 9.80 Å². The molecule has 0 aromatic heterocycles. The fourth-order valence-electron chi connectivity index (χ4n) is 2.73. The Morgan fingerprint density at radius 3 is 2.38 bits per heavy atom. The average molecular weight is 228 g/mol. The molecule has 3 heteroatoms. The minimum atomic E-state index is -0.0744. The topological polar surface area (TPSA) is 26.7 Å². The molecule has 0 aromatic rings. The van der Waals surface area contributed by atoms with E-state index < -0.39 is 0 Å². The second-order valence-electron chi connectivity index (χ2n) is 5.49. The summed E-state index contributed by atoms with van der Waals surface area (Å²) in [4.78, 5) is 4.66. The molecule has 1 fully saturated rings. The van der Waals surface area contributed by atoms with Crippen molar-refractivity contribution in [2.75, 3.05) is 34.2 Å². The summed E-state index contributed by atoms with van der Waals surface area (Å²) >= 11 is 0. The highest BCUT2D eigenvalue weighted by Gasteiger charge is 2.30. The predicted molar refractivity (Wildman–Crippen MR) is 68.6 cm³/mol. The first-order valence-corrected chi connectivity index (χ1v) is 6.57. The van der Waals surface area contributed by atoms with Gasteiger partial charge in [0.15, 0.2) is 0 Å². The molecule has 1 N–H and O–H groups in total. The van der Waals surface area contributed by atoms with Crippen LogP contribution in [-0.4, -0.2) is 61.3 Å². The second-order valence-corrected chi connectivity index (χ2v) is 5.49. The molecule has 1 aliphatic carbocycles. The van der Waals surface area contributed by atoms with Gasteiger partial charge < -0.3 is 14.9 Å². The van der Waals surface area contributed by atoms with Crippen molar-refractivity contribution >= 4 is 0 Å². The van der Waals surface area contributed by atoms with Crippen molar-refractivity contribution in [3.63, 3.8) is 0 Å². The van der Waals surface area contributed by atoms with Gasteiger partial charge in [0.05, 0.1) is 6.10 Å². The Morgan fingerprint density at radius 2 is 1.81 bits per heavy atom. The molecule has 0 heterocycles. The summed E-state index contributed by atoms with van der Waals surface area (Å²) in [6.45, 7) is 4.47. The van der Waals surface area contributed by atoms with Gasteiger partial charge in [0.2, 0.25) is 0 Å². The Labute approximate surface area is 100 Å². The van der Waals surface area contributed by atoms with E-state index in [1.54, 1.807) is 0 Å². The van der Waals surface area contributed by atoms with E-state index in [1.807, 2.05) is 0 Å². The van der Waals surface area contributed by atoms with Crippen LogP contribution in [-0.2, 0) is 0 Å². The number of aliphatic hydroxyl groups excluding tert-OH is 1. The lowest BCUT2D eigenvalue weighted by atomic mass is 9.80. The normalized spacial score (nSPS) is 31.3. The molecular weight excluding hydrogens is 200 g/mol. The first-order valence-electron chi connectivity index (χ1n) is 6.57. The zero-order chi connectivity index (χ0) is 12.1. The fraction of sp³-hybridized carbons (Fsp3) is 1.00. The highest BCUT2D eigenvalue weighted by Crippen LogP contribution is 2.30. The van der Waals surface area contributed by atoms with Gasteiger partial charge in [-0.05, 0) is 46.3 Å². The summed E-state index contributed by atoms with van der Waals surface area (Å²) in [7, 11) is 6.43. The highest BCUT2D eigenvalue weighted by atomic mass is 16.3. The van der Waals surface area contributed by atoms with Gasteiger partial charge in [-0.3, -0.25) is 0 Å². The first kappa shape index (κ1) is 13.9. The van der Waals surface area contributed by atoms with E-state index >= 15 is 0 Å². The minimum absolute atomic E-state index is 0.0744. The van der Waals surface area contributed by atoms with Gasteiger partial charge in [-0.2, -0.15) is 0 Å². The number of likely N-dealkylation sites (N-methyl/N-ethyl adjacent to an activating group) is 2. The van der Waals surface area contributed by atoms with Crippen molar-refractivity contribution in [2.24, 2.45) is 5.92 Å². The summed E-state index contributed by atoms with van der Waals surface area (Å²) in [6.07, 6.45) is 4.31. The molecule has 3 nitrogen and oxygen atoms in total. The van der Waals surface area contributed by atoms with E-state index in [0.29, 0.717) is 6.04 Å². The SMILES string of the molecule is CCC1CCC(O)CC1N(C)CCN(C)C. The van der Waals surface area contributed by atoms with Crippen LogP contribution < -0.4 is 0 Å². The van der Waals surface area contributed by atoms with Crippen molar-refractivity contribution < 1.29 is 5.11 Å². The monoisotopic (exact) mass is 228 g/mol. The van der Waals surface area contributed by atoms with Crippen LogP contribution in [0.3, 0.4) is 0 Å². The summed E-state index contributed by atoms with van der Waals surface area (Å²) in [5.74, 6) is 0.774. The van der Waals surface area contributed by atoms with E-state index in [-0.39, 0.29) is 6.10 Å². The Kier molecular flexibility index (Phi) is 5.73. The molecule has 3 unspecified atom stereocenters. The van der Waals surface area contributed by atoms with E-state index in [4.69, 9.17) is 0 Å². The standard InChI is InChI=1S/C13H28N2O/c1-5-11-6-7-12(16)10-13(11)15(4)9-8-14(2)3/h11-13,16H,5-10H2,1-4H3. The molecule has 1 saturated carbocycles. The van der Waals surface area contributed by atoms with Crippen LogP contribution in [0.15, 0.2) is 0 Å². The maximum Gasteiger partial charge on any atom is 0.0555 e. The minimum Gasteiger partial charge on any atom is -0.393 e. The molecule has 0 spiro atoms. The van der Waals surface area contributed by atoms with Crippen molar-refractivity contribution in [3.8, 4) is 0 Å². The quantitative estimate of drug-likeness (QED) is 0.771. The van der Waals surface area contributed by atoms with Crippen molar-refractivity contribution in [2.45, 2.75) is 44.8 Å². The largest absolute Gasteiger partial charge is 0.393 e. The first-order chi connectivity index (χ1) is 7.54. The van der Waals surface area contributed by atoms with Gasteiger partial charge >= 0.3 is 0 Å². The summed E-state index contributed by atoms with van der Waals surface area (Å²) in [5.41, 5.74) is 0. The Balaban J connectivity index is 2.46. The molecule has 1 aliphatic rings. The van der Waals surface area contributed by atoms with Gasteiger partial charge in [-0.15, -0.1) is 0 Å². The van der Waals surface area contributed by atoms with Crippen LogP contribution in [0, 0.1) is 5.92 Å². The zero-order valence-corrected chi connectivity index (χ0v) is 11.3. The van der Waals surface area contributed by atoms with Gasteiger partial charge in [0.25, 0.3) is 0 Å². The molecule has 16 heavy (non-hydrogen) atoms. The van der Waals surface area contributed by atoms with Gasteiger partial charge in [-0.25, -0.2) is 0 Å². The van der Waals surface area contributed by atoms with Crippen molar-refractivity contribution in [1.29, 1.82) is 0 Å². The maximum absolute atomic E-state index is 9.78. The smallest absolute Gasteiger partial charge is 0.0555 e. The summed E-state index contributed by atoms with van der Waals surface area (Å²) in [6, 6.07) is 0.578. The van der Waals surface area contributed by atoms with Gasteiger partial charge in [-0.1, -0.05) is 13.3 Å². The van der Waals surface area contributed by atoms with Crippen LogP contribution in [0.4, 0.5) is 0 Å². The fourth-order valence-corrected chi connectivity index (χ4v) is 2.73. The molecule has 0 amide bonds.